The van der Waals surface area contributed by atoms with E-state index in [1.54, 1.807) is 12.1 Å². The summed E-state index contributed by atoms with van der Waals surface area (Å²) in [5.41, 5.74) is 1.37. The topological polar surface area (TPSA) is 47.2 Å². The average molecular weight is 413 g/mol. The number of carbonyl (C=O) groups is 1. The lowest BCUT2D eigenvalue weighted by Gasteiger charge is -2.29. The Morgan fingerprint density at radius 2 is 1.66 bits per heavy atom. The number of anilines is 1. The van der Waals surface area contributed by atoms with Crippen LogP contribution in [-0.4, -0.2) is 45.0 Å². The first-order valence-electron chi connectivity index (χ1n) is 9.34. The molecule has 1 aliphatic heterocycles. The van der Waals surface area contributed by atoms with Crippen molar-refractivity contribution in [2.75, 3.05) is 38.0 Å². The first kappa shape index (κ1) is 21.1. The highest BCUT2D eigenvalue weighted by Gasteiger charge is 2.31. The molecule has 3 rings (SSSR count). The highest BCUT2D eigenvalue weighted by atomic mass is 19.4. The molecule has 0 aliphatic carbocycles. The van der Waals surface area contributed by atoms with Gasteiger partial charge in [0.15, 0.2) is 6.54 Å². The minimum atomic E-state index is -4.74. The highest BCUT2D eigenvalue weighted by molar-refractivity contribution is 5.91. The van der Waals surface area contributed by atoms with Crippen LogP contribution in [0.3, 0.4) is 0 Å². The standard InChI is InChI=1S/C20H21F4N3O2/c21-16-3-1-2-15(12-16)13-26-8-10-27(11-9-26)14-19(28)25-17-4-6-18(7-5-17)29-20(22,23)24/h1-7,12H,8-11,13-14H2,(H,25,28)/p+2. The molecule has 29 heavy (non-hydrogen) atoms. The minimum absolute atomic E-state index is 0.196. The van der Waals surface area contributed by atoms with E-state index < -0.39 is 6.36 Å². The number of alkyl halides is 3. The highest BCUT2D eigenvalue weighted by Crippen LogP contribution is 2.23. The van der Waals surface area contributed by atoms with Crippen molar-refractivity contribution >= 4 is 11.6 Å². The second kappa shape index (κ2) is 9.23. The van der Waals surface area contributed by atoms with Gasteiger partial charge in [-0.25, -0.2) is 4.39 Å². The molecule has 2 aromatic rings. The zero-order chi connectivity index (χ0) is 20.9. The van der Waals surface area contributed by atoms with Crippen LogP contribution in [0.1, 0.15) is 5.56 Å². The molecule has 0 atom stereocenters. The van der Waals surface area contributed by atoms with Crippen LogP contribution in [-0.2, 0) is 11.3 Å². The van der Waals surface area contributed by atoms with Crippen molar-refractivity contribution in [2.45, 2.75) is 12.9 Å². The zero-order valence-corrected chi connectivity index (χ0v) is 15.7. The quantitative estimate of drug-likeness (QED) is 0.609. The Kier molecular flexibility index (Phi) is 6.71. The summed E-state index contributed by atoms with van der Waals surface area (Å²) < 4.78 is 53.6. The van der Waals surface area contributed by atoms with Gasteiger partial charge in [-0.1, -0.05) is 12.1 Å². The number of carbonyl (C=O) groups excluding carboxylic acids is 1. The molecule has 156 valence electrons. The van der Waals surface area contributed by atoms with Crippen LogP contribution >= 0.6 is 0 Å². The summed E-state index contributed by atoms with van der Waals surface area (Å²) in [6.07, 6.45) is -4.74. The molecule has 1 saturated heterocycles. The number of ether oxygens (including phenoxy) is 1. The lowest BCUT2D eigenvalue weighted by molar-refractivity contribution is -1.02. The van der Waals surface area contributed by atoms with Crippen molar-refractivity contribution in [3.05, 3.63) is 59.9 Å². The van der Waals surface area contributed by atoms with Gasteiger partial charge in [0.05, 0.1) is 0 Å². The molecule has 0 radical (unpaired) electrons. The number of quaternary nitrogens is 2. The van der Waals surface area contributed by atoms with E-state index in [0.29, 0.717) is 5.69 Å². The number of piperazine rings is 1. The van der Waals surface area contributed by atoms with Crippen molar-refractivity contribution < 1.29 is 36.9 Å². The van der Waals surface area contributed by atoms with E-state index >= 15 is 0 Å². The predicted octanol–water partition coefficient (Wildman–Crippen LogP) is 0.646. The molecule has 0 aromatic heterocycles. The van der Waals surface area contributed by atoms with Gasteiger partial charge in [-0.15, -0.1) is 13.2 Å². The third kappa shape index (κ3) is 7.03. The summed E-state index contributed by atoms with van der Waals surface area (Å²) in [7, 11) is 0. The molecule has 0 bridgehead atoms. The fourth-order valence-corrected chi connectivity index (χ4v) is 3.42. The van der Waals surface area contributed by atoms with Crippen LogP contribution in [0.2, 0.25) is 0 Å². The summed E-state index contributed by atoms with van der Waals surface area (Å²) in [6.45, 7) is 4.43. The Balaban J connectivity index is 1.41. The van der Waals surface area contributed by atoms with E-state index in [2.05, 4.69) is 10.1 Å². The lowest BCUT2D eigenvalue weighted by Crippen LogP contribution is -3.28. The third-order valence-corrected chi connectivity index (χ3v) is 4.79. The molecule has 1 heterocycles. The van der Waals surface area contributed by atoms with E-state index in [1.165, 1.54) is 23.1 Å². The number of benzene rings is 2. The van der Waals surface area contributed by atoms with Crippen LogP contribution in [0, 0.1) is 5.82 Å². The van der Waals surface area contributed by atoms with Crippen molar-refractivity contribution in [1.82, 2.24) is 0 Å². The van der Waals surface area contributed by atoms with Gasteiger partial charge in [0, 0.05) is 11.3 Å². The normalized spacial score (nSPS) is 19.6. The number of hydrogen-bond donors (Lipinski definition) is 3. The number of amides is 1. The largest absolute Gasteiger partial charge is 0.573 e. The molecule has 0 spiro atoms. The van der Waals surface area contributed by atoms with E-state index in [0.717, 1.165) is 55.3 Å². The molecule has 3 N–H and O–H groups in total. The van der Waals surface area contributed by atoms with Gasteiger partial charge in [-0.3, -0.25) is 4.79 Å². The first-order chi connectivity index (χ1) is 13.8. The van der Waals surface area contributed by atoms with E-state index in [1.807, 2.05) is 6.07 Å². The average Bonchev–Trinajstić information content (AvgIpc) is 2.64. The van der Waals surface area contributed by atoms with Gasteiger partial charge in [-0.05, 0) is 36.4 Å². The molecule has 1 aliphatic rings. The maximum atomic E-state index is 13.3. The van der Waals surface area contributed by atoms with Crippen LogP contribution < -0.4 is 19.9 Å². The van der Waals surface area contributed by atoms with Crippen LogP contribution in [0.15, 0.2) is 48.5 Å². The fraction of sp³-hybridized carbons (Fsp3) is 0.350. The Morgan fingerprint density at radius 3 is 2.28 bits per heavy atom. The number of nitrogens with one attached hydrogen (secondary N) is 3. The molecule has 5 nitrogen and oxygen atoms in total. The Morgan fingerprint density at radius 1 is 1.00 bits per heavy atom. The molecule has 0 saturated carbocycles. The first-order valence-corrected chi connectivity index (χ1v) is 9.34. The summed E-state index contributed by atoms with van der Waals surface area (Å²) in [6, 6.07) is 11.6. The molecule has 9 heteroatoms. The molecular formula is C20H23F4N3O2+2. The Hall–Kier alpha value is -2.65. The fourth-order valence-electron chi connectivity index (χ4n) is 3.42. The second-order valence-electron chi connectivity index (χ2n) is 7.10. The van der Waals surface area contributed by atoms with E-state index in [4.69, 9.17) is 0 Å². The van der Waals surface area contributed by atoms with Gasteiger partial charge in [0.1, 0.15) is 44.3 Å². The lowest BCUT2D eigenvalue weighted by atomic mass is 10.2. The number of halogens is 4. The van der Waals surface area contributed by atoms with E-state index in [9.17, 15) is 22.4 Å². The summed E-state index contributed by atoms with van der Waals surface area (Å²) in [5.74, 6) is -0.766. The van der Waals surface area contributed by atoms with Crippen molar-refractivity contribution in [3.63, 3.8) is 0 Å². The maximum Gasteiger partial charge on any atom is 0.573 e. The smallest absolute Gasteiger partial charge is 0.406 e. The summed E-state index contributed by atoms with van der Waals surface area (Å²) in [5, 5.41) is 2.69. The van der Waals surface area contributed by atoms with Crippen LogP contribution in [0.25, 0.3) is 0 Å². The second-order valence-corrected chi connectivity index (χ2v) is 7.10. The van der Waals surface area contributed by atoms with Gasteiger partial charge >= 0.3 is 6.36 Å². The Labute approximate surface area is 165 Å². The Bertz CT molecular complexity index is 819. The predicted molar refractivity (Wildman–Crippen MR) is 98.1 cm³/mol. The van der Waals surface area contributed by atoms with E-state index in [-0.39, 0.29) is 24.0 Å². The SMILES string of the molecule is O=C(C[NH+]1CC[NH+](Cc2cccc(F)c2)CC1)Nc1ccc(OC(F)(F)F)cc1. The molecule has 2 aromatic carbocycles. The van der Waals surface area contributed by atoms with Crippen molar-refractivity contribution in [1.29, 1.82) is 0 Å². The summed E-state index contributed by atoms with van der Waals surface area (Å²) >= 11 is 0. The van der Waals surface area contributed by atoms with Gasteiger partial charge in [-0.2, -0.15) is 0 Å². The summed E-state index contributed by atoms with van der Waals surface area (Å²) in [4.78, 5) is 14.7. The molecule has 1 fully saturated rings. The number of rotatable bonds is 6. The van der Waals surface area contributed by atoms with Gasteiger partial charge in [0.25, 0.3) is 5.91 Å². The molecule has 0 unspecified atom stereocenters. The molecular weight excluding hydrogens is 390 g/mol. The van der Waals surface area contributed by atoms with Gasteiger partial charge in [0.2, 0.25) is 0 Å². The number of hydrogen-bond acceptors (Lipinski definition) is 2. The van der Waals surface area contributed by atoms with Crippen LogP contribution in [0.5, 0.6) is 5.75 Å². The van der Waals surface area contributed by atoms with Crippen molar-refractivity contribution in [3.8, 4) is 5.75 Å². The maximum absolute atomic E-state index is 13.3. The minimum Gasteiger partial charge on any atom is -0.406 e. The van der Waals surface area contributed by atoms with Gasteiger partial charge < -0.3 is 19.9 Å². The molecule has 1 amide bonds. The monoisotopic (exact) mass is 413 g/mol. The zero-order valence-electron chi connectivity index (χ0n) is 15.7. The van der Waals surface area contributed by atoms with Crippen LogP contribution in [0.4, 0.5) is 23.2 Å². The van der Waals surface area contributed by atoms with Crippen molar-refractivity contribution in [2.24, 2.45) is 0 Å². The third-order valence-electron chi connectivity index (χ3n) is 4.79.